The van der Waals surface area contributed by atoms with E-state index in [1.54, 1.807) is 0 Å². The van der Waals surface area contributed by atoms with E-state index in [-0.39, 0.29) is 5.41 Å². The van der Waals surface area contributed by atoms with E-state index in [0.717, 1.165) is 56.4 Å². The van der Waals surface area contributed by atoms with Gasteiger partial charge in [-0.25, -0.2) is 4.98 Å². The largest absolute Gasteiger partial charge is 0.477 e. The van der Waals surface area contributed by atoms with E-state index in [1.165, 1.54) is 5.56 Å². The monoisotopic (exact) mass is 263 g/mol. The molecule has 4 heteroatoms. The fourth-order valence-electron chi connectivity index (χ4n) is 2.16. The van der Waals surface area contributed by atoms with Gasteiger partial charge in [-0.1, -0.05) is 27.7 Å². The Hall–Kier alpha value is -1.16. The molecule has 0 amide bonds. The Morgan fingerprint density at radius 3 is 2.58 bits per heavy atom. The molecule has 0 radical (unpaired) electrons. The molecule has 1 aromatic heterocycles. The van der Waals surface area contributed by atoms with Crippen LogP contribution in [0.25, 0.3) is 0 Å². The normalized spacial score (nSPS) is 15.8. The minimum atomic E-state index is -0.0426. The number of fused-ring (bicyclic) bond motifs is 1. The van der Waals surface area contributed by atoms with Crippen LogP contribution in [0.2, 0.25) is 0 Å². The first-order valence-electron chi connectivity index (χ1n) is 7.26. The summed E-state index contributed by atoms with van der Waals surface area (Å²) in [7, 11) is 0. The lowest BCUT2D eigenvalue weighted by Crippen LogP contribution is -2.19. The fraction of sp³-hybridized carbons (Fsp3) is 0.733. The van der Waals surface area contributed by atoms with Gasteiger partial charge in [-0.05, 0) is 19.4 Å². The first-order valence-corrected chi connectivity index (χ1v) is 7.26. The van der Waals surface area contributed by atoms with Crippen molar-refractivity contribution in [2.24, 2.45) is 0 Å². The van der Waals surface area contributed by atoms with Crippen LogP contribution in [0.4, 0.5) is 0 Å². The molecule has 106 valence electrons. The minimum absolute atomic E-state index is 0.0426. The minimum Gasteiger partial charge on any atom is -0.477 e. The summed E-state index contributed by atoms with van der Waals surface area (Å²) >= 11 is 0. The highest BCUT2D eigenvalue weighted by Crippen LogP contribution is 2.27. The topological polar surface area (TPSA) is 47.0 Å². The van der Waals surface area contributed by atoms with Crippen molar-refractivity contribution in [3.8, 4) is 5.88 Å². The lowest BCUT2D eigenvalue weighted by molar-refractivity contribution is 0.297. The lowest BCUT2D eigenvalue weighted by atomic mass is 9.95. The zero-order valence-corrected chi connectivity index (χ0v) is 12.5. The number of rotatable bonds is 3. The van der Waals surface area contributed by atoms with Crippen LogP contribution < -0.4 is 10.1 Å². The van der Waals surface area contributed by atoms with Crippen LogP contribution in [0.3, 0.4) is 0 Å². The second kappa shape index (κ2) is 5.87. The average molecular weight is 263 g/mol. The maximum absolute atomic E-state index is 5.87. The molecule has 19 heavy (non-hydrogen) atoms. The molecule has 2 rings (SSSR count). The number of hydrogen-bond acceptors (Lipinski definition) is 4. The van der Waals surface area contributed by atoms with Crippen molar-refractivity contribution >= 4 is 0 Å². The van der Waals surface area contributed by atoms with Crippen LogP contribution in [-0.4, -0.2) is 29.7 Å². The van der Waals surface area contributed by atoms with E-state index in [0.29, 0.717) is 0 Å². The Labute approximate surface area is 116 Å². The van der Waals surface area contributed by atoms with Gasteiger partial charge in [0, 0.05) is 23.9 Å². The first kappa shape index (κ1) is 14.3. The standard InChI is InChI=1S/C15H25N3O/c1-5-10-19-13-11-6-8-16-9-7-12(11)17-14(18-13)15(2,3)4/h16H,5-10H2,1-4H3. The Bertz CT molecular complexity index is 438. The van der Waals surface area contributed by atoms with Gasteiger partial charge in [0.05, 0.1) is 12.3 Å². The van der Waals surface area contributed by atoms with Crippen molar-refractivity contribution in [1.82, 2.24) is 15.3 Å². The number of aromatic nitrogens is 2. The molecule has 0 saturated carbocycles. The zero-order valence-electron chi connectivity index (χ0n) is 12.5. The van der Waals surface area contributed by atoms with Gasteiger partial charge in [-0.15, -0.1) is 0 Å². The summed E-state index contributed by atoms with van der Waals surface area (Å²) in [6.07, 6.45) is 2.92. The van der Waals surface area contributed by atoms with Gasteiger partial charge >= 0.3 is 0 Å². The van der Waals surface area contributed by atoms with E-state index in [1.807, 2.05) is 0 Å². The van der Waals surface area contributed by atoms with Crippen LogP contribution in [0, 0.1) is 0 Å². The molecule has 0 unspecified atom stereocenters. The zero-order chi connectivity index (χ0) is 13.9. The molecule has 0 spiro atoms. The summed E-state index contributed by atoms with van der Waals surface area (Å²) in [6.45, 7) is 11.2. The summed E-state index contributed by atoms with van der Waals surface area (Å²) in [6, 6.07) is 0. The van der Waals surface area contributed by atoms with Gasteiger partial charge in [-0.2, -0.15) is 4.98 Å². The average Bonchev–Trinajstić information content (AvgIpc) is 2.59. The maximum Gasteiger partial charge on any atom is 0.220 e. The second-order valence-corrected chi connectivity index (χ2v) is 6.13. The predicted molar refractivity (Wildman–Crippen MR) is 76.8 cm³/mol. The molecule has 0 aliphatic carbocycles. The number of ether oxygens (including phenoxy) is 1. The molecule has 2 heterocycles. The third-order valence-electron chi connectivity index (χ3n) is 3.26. The van der Waals surface area contributed by atoms with Crippen molar-refractivity contribution in [3.05, 3.63) is 17.1 Å². The van der Waals surface area contributed by atoms with Crippen molar-refractivity contribution < 1.29 is 4.74 Å². The van der Waals surface area contributed by atoms with E-state index in [4.69, 9.17) is 9.72 Å². The quantitative estimate of drug-likeness (QED) is 0.908. The van der Waals surface area contributed by atoms with Crippen molar-refractivity contribution in [3.63, 3.8) is 0 Å². The number of nitrogens with zero attached hydrogens (tertiary/aromatic N) is 2. The lowest BCUT2D eigenvalue weighted by Gasteiger charge is -2.20. The molecule has 0 fully saturated rings. The molecular weight excluding hydrogens is 238 g/mol. The molecule has 1 aromatic rings. The summed E-state index contributed by atoms with van der Waals surface area (Å²) < 4.78 is 5.87. The molecule has 0 aromatic carbocycles. The van der Waals surface area contributed by atoms with Crippen LogP contribution in [0.1, 0.15) is 51.2 Å². The third-order valence-corrected chi connectivity index (χ3v) is 3.26. The molecule has 1 aliphatic heterocycles. The van der Waals surface area contributed by atoms with Gasteiger partial charge < -0.3 is 10.1 Å². The molecule has 0 saturated heterocycles. The van der Waals surface area contributed by atoms with Gasteiger partial charge in [0.25, 0.3) is 0 Å². The Kier molecular flexibility index (Phi) is 4.40. The van der Waals surface area contributed by atoms with Crippen LogP contribution in [-0.2, 0) is 18.3 Å². The molecule has 1 N–H and O–H groups in total. The van der Waals surface area contributed by atoms with Crippen molar-refractivity contribution in [2.75, 3.05) is 19.7 Å². The van der Waals surface area contributed by atoms with Crippen molar-refractivity contribution in [2.45, 2.75) is 52.4 Å². The van der Waals surface area contributed by atoms with E-state index < -0.39 is 0 Å². The van der Waals surface area contributed by atoms with Crippen molar-refractivity contribution in [1.29, 1.82) is 0 Å². The fourth-order valence-corrected chi connectivity index (χ4v) is 2.16. The first-order chi connectivity index (χ1) is 9.02. The Balaban J connectivity index is 2.43. The van der Waals surface area contributed by atoms with E-state index in [9.17, 15) is 0 Å². The van der Waals surface area contributed by atoms with Gasteiger partial charge in [0.15, 0.2) is 0 Å². The predicted octanol–water partition coefficient (Wildman–Crippen LogP) is 2.25. The summed E-state index contributed by atoms with van der Waals surface area (Å²) in [5.74, 6) is 1.69. The molecule has 0 atom stereocenters. The van der Waals surface area contributed by atoms with Gasteiger partial charge in [0.1, 0.15) is 5.82 Å². The SMILES string of the molecule is CCCOc1nc(C(C)(C)C)nc2c1CCNCC2. The van der Waals surface area contributed by atoms with E-state index >= 15 is 0 Å². The smallest absolute Gasteiger partial charge is 0.220 e. The van der Waals surface area contributed by atoms with Gasteiger partial charge in [0.2, 0.25) is 5.88 Å². The highest BCUT2D eigenvalue weighted by molar-refractivity contribution is 5.33. The highest BCUT2D eigenvalue weighted by Gasteiger charge is 2.23. The number of hydrogen-bond donors (Lipinski definition) is 1. The van der Waals surface area contributed by atoms with Gasteiger partial charge in [-0.3, -0.25) is 0 Å². The second-order valence-electron chi connectivity index (χ2n) is 6.13. The van der Waals surface area contributed by atoms with E-state index in [2.05, 4.69) is 38.0 Å². The molecule has 4 nitrogen and oxygen atoms in total. The summed E-state index contributed by atoms with van der Waals surface area (Å²) in [4.78, 5) is 9.46. The molecule has 1 aliphatic rings. The maximum atomic E-state index is 5.87. The molecule has 0 bridgehead atoms. The Morgan fingerprint density at radius 1 is 1.16 bits per heavy atom. The third kappa shape index (κ3) is 3.44. The summed E-state index contributed by atoms with van der Waals surface area (Å²) in [5, 5.41) is 3.41. The van der Waals surface area contributed by atoms with Crippen LogP contribution in [0.5, 0.6) is 5.88 Å². The highest BCUT2D eigenvalue weighted by atomic mass is 16.5. The summed E-state index contributed by atoms with van der Waals surface area (Å²) in [5.41, 5.74) is 2.32. The molecular formula is C15H25N3O. The van der Waals surface area contributed by atoms with Crippen LogP contribution in [0.15, 0.2) is 0 Å². The number of nitrogens with one attached hydrogen (secondary N) is 1. The Morgan fingerprint density at radius 2 is 1.89 bits per heavy atom. The van der Waals surface area contributed by atoms with Crippen LogP contribution >= 0.6 is 0 Å².